The van der Waals surface area contributed by atoms with Crippen molar-refractivity contribution in [1.82, 2.24) is 20.2 Å². The van der Waals surface area contributed by atoms with Crippen LogP contribution in [-0.4, -0.2) is 45.6 Å². The second kappa shape index (κ2) is 6.82. The van der Waals surface area contributed by atoms with Gasteiger partial charge in [0.2, 0.25) is 5.91 Å². The lowest BCUT2D eigenvalue weighted by Crippen LogP contribution is -2.29. The van der Waals surface area contributed by atoms with E-state index in [0.29, 0.717) is 13.0 Å². The second-order valence-electron chi connectivity index (χ2n) is 5.53. The number of nitrogens with zero attached hydrogens (tertiary/aromatic N) is 3. The van der Waals surface area contributed by atoms with E-state index in [0.717, 1.165) is 46.6 Å². The maximum atomic E-state index is 12.2. The summed E-state index contributed by atoms with van der Waals surface area (Å²) < 4.78 is 0. The number of amides is 1. The van der Waals surface area contributed by atoms with E-state index in [1.54, 1.807) is 29.4 Å². The van der Waals surface area contributed by atoms with Crippen molar-refractivity contribution in [3.63, 3.8) is 0 Å². The largest absolute Gasteiger partial charge is 0.355 e. The number of thioether (sulfide) groups is 1. The first-order valence-corrected chi connectivity index (χ1v) is 9.58. The van der Waals surface area contributed by atoms with Gasteiger partial charge in [0.25, 0.3) is 0 Å². The Labute approximate surface area is 148 Å². The Balaban J connectivity index is 1.28. The fourth-order valence-electron chi connectivity index (χ4n) is 2.81. The lowest BCUT2D eigenvalue weighted by atomic mass is 10.2. The van der Waals surface area contributed by atoms with Gasteiger partial charge < -0.3 is 15.2 Å². The summed E-state index contributed by atoms with van der Waals surface area (Å²) in [4.78, 5) is 27.4. The molecule has 124 valence electrons. The van der Waals surface area contributed by atoms with Crippen LogP contribution in [0, 0.1) is 0 Å². The van der Waals surface area contributed by atoms with E-state index in [-0.39, 0.29) is 5.91 Å². The molecule has 2 aromatic rings. The van der Waals surface area contributed by atoms with Crippen LogP contribution in [-0.2, 0) is 11.2 Å². The summed E-state index contributed by atoms with van der Waals surface area (Å²) in [5.74, 6) is 0.0483. The zero-order valence-corrected chi connectivity index (χ0v) is 14.6. The third-order valence-electron chi connectivity index (χ3n) is 3.96. The average molecular weight is 359 g/mol. The smallest absolute Gasteiger partial charge is 0.225 e. The zero-order valence-electron chi connectivity index (χ0n) is 13.0. The number of rotatable bonds is 6. The molecule has 2 aromatic heterocycles. The molecule has 0 spiro atoms. The van der Waals surface area contributed by atoms with Gasteiger partial charge in [-0.2, -0.15) is 0 Å². The van der Waals surface area contributed by atoms with Crippen LogP contribution in [0.2, 0.25) is 0 Å². The molecule has 0 radical (unpaired) electrons. The summed E-state index contributed by atoms with van der Waals surface area (Å²) in [5.41, 5.74) is 3.09. The normalized spacial score (nSPS) is 16.1. The molecule has 6 nitrogen and oxygen atoms in total. The number of aliphatic imine (C=N–C) groups is 1. The number of aromatic nitrogens is 2. The molecule has 0 unspecified atom stereocenters. The Morgan fingerprint density at radius 3 is 3.29 bits per heavy atom. The number of nitrogens with one attached hydrogen (secondary N) is 2. The Kier molecular flexibility index (Phi) is 4.40. The number of hydrogen-bond donors (Lipinski definition) is 2. The first-order valence-electron chi connectivity index (χ1n) is 7.82. The summed E-state index contributed by atoms with van der Waals surface area (Å²) in [6, 6.07) is 4.08. The summed E-state index contributed by atoms with van der Waals surface area (Å²) in [6.07, 6.45) is 2.86. The Hall–Kier alpha value is -2.06. The fraction of sp³-hybridized carbons (Fsp3) is 0.312. The molecule has 2 aliphatic rings. The molecule has 0 aliphatic carbocycles. The molecule has 2 aliphatic heterocycles. The molecular weight excluding hydrogens is 342 g/mol. The third kappa shape index (κ3) is 3.11. The van der Waals surface area contributed by atoms with Gasteiger partial charge in [-0.3, -0.25) is 9.79 Å². The van der Waals surface area contributed by atoms with Crippen LogP contribution < -0.4 is 5.32 Å². The van der Waals surface area contributed by atoms with Crippen molar-refractivity contribution < 1.29 is 4.79 Å². The number of aromatic amines is 1. The minimum atomic E-state index is 0.0483. The molecule has 0 bridgehead atoms. The number of amidine groups is 1. The molecule has 0 atom stereocenters. The number of carbonyl (C=O) groups is 1. The van der Waals surface area contributed by atoms with Gasteiger partial charge in [-0.1, -0.05) is 17.8 Å². The fourth-order valence-corrected chi connectivity index (χ4v) is 4.51. The molecule has 0 fully saturated rings. The van der Waals surface area contributed by atoms with Crippen molar-refractivity contribution >= 4 is 34.2 Å². The summed E-state index contributed by atoms with van der Waals surface area (Å²) >= 11 is 3.28. The summed E-state index contributed by atoms with van der Waals surface area (Å²) in [6.45, 7) is 2.31. The molecule has 0 saturated heterocycles. The van der Waals surface area contributed by atoms with E-state index >= 15 is 0 Å². The van der Waals surface area contributed by atoms with Crippen LogP contribution in [0.5, 0.6) is 0 Å². The van der Waals surface area contributed by atoms with Gasteiger partial charge in [-0.25, -0.2) is 4.98 Å². The molecule has 2 N–H and O–H groups in total. The van der Waals surface area contributed by atoms with Crippen LogP contribution >= 0.6 is 23.1 Å². The van der Waals surface area contributed by atoms with Crippen molar-refractivity contribution in [3.8, 4) is 10.6 Å². The lowest BCUT2D eigenvalue weighted by molar-refractivity contribution is -0.120. The quantitative estimate of drug-likeness (QED) is 0.831. The highest BCUT2D eigenvalue weighted by Crippen LogP contribution is 2.30. The Morgan fingerprint density at radius 1 is 1.46 bits per heavy atom. The molecule has 0 saturated carbocycles. The summed E-state index contributed by atoms with van der Waals surface area (Å²) in [7, 11) is 0. The maximum Gasteiger partial charge on any atom is 0.225 e. The number of imidazole rings is 1. The van der Waals surface area contributed by atoms with E-state index in [4.69, 9.17) is 0 Å². The topological polar surface area (TPSA) is 73.4 Å². The van der Waals surface area contributed by atoms with E-state index in [9.17, 15) is 4.79 Å². The minimum absolute atomic E-state index is 0.0483. The van der Waals surface area contributed by atoms with Gasteiger partial charge in [0.1, 0.15) is 5.69 Å². The van der Waals surface area contributed by atoms with Crippen molar-refractivity contribution in [1.29, 1.82) is 0 Å². The van der Waals surface area contributed by atoms with Crippen LogP contribution in [0.1, 0.15) is 12.1 Å². The van der Waals surface area contributed by atoms with Crippen molar-refractivity contribution in [2.45, 2.75) is 12.8 Å². The van der Waals surface area contributed by atoms with Gasteiger partial charge >= 0.3 is 0 Å². The van der Waals surface area contributed by atoms with E-state index in [2.05, 4.69) is 31.2 Å². The molecule has 0 aromatic carbocycles. The zero-order chi connectivity index (χ0) is 16.4. The first kappa shape index (κ1) is 15.5. The lowest BCUT2D eigenvalue weighted by Gasteiger charge is -2.16. The molecule has 8 heteroatoms. The van der Waals surface area contributed by atoms with Crippen molar-refractivity contribution in [2.75, 3.05) is 19.6 Å². The highest BCUT2D eigenvalue weighted by molar-refractivity contribution is 8.16. The van der Waals surface area contributed by atoms with Gasteiger partial charge in [0.05, 0.1) is 24.2 Å². The van der Waals surface area contributed by atoms with E-state index < -0.39 is 0 Å². The minimum Gasteiger partial charge on any atom is -0.355 e. The highest BCUT2D eigenvalue weighted by atomic mass is 32.2. The predicted molar refractivity (Wildman–Crippen MR) is 97.9 cm³/mol. The van der Waals surface area contributed by atoms with Crippen molar-refractivity contribution in [3.05, 3.63) is 40.6 Å². The molecule has 4 rings (SSSR count). The van der Waals surface area contributed by atoms with Crippen LogP contribution in [0.15, 0.2) is 39.9 Å². The Morgan fingerprint density at radius 2 is 2.42 bits per heavy atom. The number of thiophene rings is 1. The van der Waals surface area contributed by atoms with Crippen LogP contribution in [0.25, 0.3) is 10.6 Å². The van der Waals surface area contributed by atoms with Crippen LogP contribution in [0.4, 0.5) is 0 Å². The number of H-pyrrole nitrogens is 1. The predicted octanol–water partition coefficient (Wildman–Crippen LogP) is 2.45. The van der Waals surface area contributed by atoms with Crippen molar-refractivity contribution in [2.24, 2.45) is 4.99 Å². The molecule has 24 heavy (non-hydrogen) atoms. The number of fused-ring (bicyclic) bond motifs is 1. The molecule has 4 heterocycles. The highest BCUT2D eigenvalue weighted by Gasteiger charge is 2.27. The maximum absolute atomic E-state index is 12.2. The van der Waals surface area contributed by atoms with E-state index in [1.165, 1.54) is 0 Å². The van der Waals surface area contributed by atoms with Gasteiger partial charge in [-0.15, -0.1) is 11.3 Å². The van der Waals surface area contributed by atoms with E-state index in [1.807, 2.05) is 16.9 Å². The molecular formula is C16H17N5OS2. The van der Waals surface area contributed by atoms with Gasteiger partial charge in [-0.05, 0) is 16.9 Å². The van der Waals surface area contributed by atoms with Gasteiger partial charge in [0, 0.05) is 30.9 Å². The number of hydrogen-bond acceptors (Lipinski definition) is 6. The molecule has 1 amide bonds. The monoisotopic (exact) mass is 359 g/mol. The number of carbonyl (C=O) groups excluding carboxylic acids is 1. The average Bonchev–Trinajstić information content (AvgIpc) is 3.34. The standard InChI is InChI=1S/C16H17N5OS2/c22-14(8-11-9-24-16-18-5-6-21(11)16)17-4-3-12-15(20-10-19-12)13-2-1-7-23-13/h1-2,7,9-10H,3-6,8H2,(H,17,22)(H,19,20). The van der Waals surface area contributed by atoms with Gasteiger partial charge in [0.15, 0.2) is 5.17 Å². The SMILES string of the molecule is O=C(CC1=CSC2=NCCN12)NCCc1[nH]cnc1-c1cccs1. The van der Waals surface area contributed by atoms with Crippen LogP contribution in [0.3, 0.4) is 0 Å². The first-order chi connectivity index (χ1) is 11.8. The Bertz CT molecular complexity index is 793. The summed E-state index contributed by atoms with van der Waals surface area (Å²) in [5, 5.41) is 8.09. The third-order valence-corrected chi connectivity index (χ3v) is 5.79. The second-order valence-corrected chi connectivity index (χ2v) is 7.31.